The van der Waals surface area contributed by atoms with Crippen LogP contribution in [-0.2, 0) is 9.84 Å². The lowest BCUT2D eigenvalue weighted by Crippen LogP contribution is -1.97. The molecule has 0 aliphatic rings. The zero-order valence-corrected chi connectivity index (χ0v) is 7.69. The van der Waals surface area contributed by atoms with Crippen LogP contribution in [0.3, 0.4) is 0 Å². The van der Waals surface area contributed by atoms with Gasteiger partial charge in [-0.05, 0) is 12.1 Å². The lowest BCUT2D eigenvalue weighted by Gasteiger charge is -1.99. The first-order valence-electron chi connectivity index (χ1n) is 3.00. The van der Waals surface area contributed by atoms with Crippen molar-refractivity contribution in [3.63, 3.8) is 0 Å². The second-order valence-corrected chi connectivity index (χ2v) is 4.71. The molecule has 1 aromatic rings. The molecule has 11 heavy (non-hydrogen) atoms. The Morgan fingerprint density at radius 2 is 1.82 bits per heavy atom. The van der Waals surface area contributed by atoms with Crippen molar-refractivity contribution in [1.29, 1.82) is 0 Å². The van der Waals surface area contributed by atoms with Crippen LogP contribution < -0.4 is 0 Å². The Morgan fingerprint density at radius 3 is 2.18 bits per heavy atom. The molecule has 4 heteroatoms. The monoisotopic (exact) mass is 188 g/mol. The molecule has 0 saturated carbocycles. The third kappa shape index (κ3) is 1.97. The van der Waals surface area contributed by atoms with Gasteiger partial charge in [0.15, 0.2) is 9.84 Å². The molecule has 0 unspecified atom stereocenters. The molecule has 0 aromatic heterocycles. The van der Waals surface area contributed by atoms with E-state index in [1.54, 1.807) is 18.2 Å². The van der Waals surface area contributed by atoms with Crippen LogP contribution in [0.5, 0.6) is 0 Å². The molecule has 0 heterocycles. The summed E-state index contributed by atoms with van der Waals surface area (Å²) in [5.74, 6) is 0. The van der Waals surface area contributed by atoms with E-state index in [9.17, 15) is 8.42 Å². The molecule has 0 N–H and O–H groups in total. The molecule has 2 nitrogen and oxygen atoms in total. The minimum absolute atomic E-state index is 0.281. The van der Waals surface area contributed by atoms with Gasteiger partial charge in [0.25, 0.3) is 0 Å². The van der Waals surface area contributed by atoms with E-state index in [0.717, 1.165) is 0 Å². The van der Waals surface area contributed by atoms with Crippen molar-refractivity contribution < 1.29 is 8.42 Å². The van der Waals surface area contributed by atoms with Crippen LogP contribution in [0, 0.1) is 0 Å². The first-order valence-corrected chi connectivity index (χ1v) is 5.34. The van der Waals surface area contributed by atoms with Crippen molar-refractivity contribution in [3.8, 4) is 0 Å². The van der Waals surface area contributed by atoms with E-state index in [1.165, 1.54) is 12.3 Å². The molecule has 0 bridgehead atoms. The van der Waals surface area contributed by atoms with E-state index < -0.39 is 9.84 Å². The molecule has 0 aliphatic heterocycles. The smallest absolute Gasteiger partial charge is 0.176 e. The topological polar surface area (TPSA) is 34.1 Å². The Hall–Kier alpha value is -0.480. The molecule has 0 radical (unpaired) electrons. The van der Waals surface area contributed by atoms with Gasteiger partial charge in [0, 0.05) is 11.2 Å². The predicted octanol–water partition coefficient (Wildman–Crippen LogP) is 1.38. The number of benzene rings is 1. The van der Waals surface area contributed by atoms with Gasteiger partial charge >= 0.3 is 0 Å². The van der Waals surface area contributed by atoms with Crippen molar-refractivity contribution in [2.45, 2.75) is 9.79 Å². The maximum absolute atomic E-state index is 11.0. The van der Waals surface area contributed by atoms with Crippen molar-refractivity contribution >= 4 is 22.5 Å². The van der Waals surface area contributed by atoms with Crippen LogP contribution in [0.15, 0.2) is 34.1 Å². The second-order valence-electron chi connectivity index (χ2n) is 2.24. The Bertz CT molecular complexity index is 354. The molecule has 0 atom stereocenters. The molecule has 0 fully saturated rings. The zero-order chi connectivity index (χ0) is 8.48. The largest absolute Gasteiger partial charge is 0.224 e. The van der Waals surface area contributed by atoms with Crippen LogP contribution in [0.25, 0.3) is 0 Å². The predicted molar refractivity (Wildman–Crippen MR) is 46.8 cm³/mol. The van der Waals surface area contributed by atoms with Gasteiger partial charge in [0.1, 0.15) is 0 Å². The van der Waals surface area contributed by atoms with Crippen LogP contribution >= 0.6 is 12.6 Å². The third-order valence-electron chi connectivity index (χ3n) is 1.26. The minimum atomic E-state index is -3.11. The first-order chi connectivity index (χ1) is 5.02. The molecule has 0 amide bonds. The van der Waals surface area contributed by atoms with Crippen LogP contribution in [0.2, 0.25) is 0 Å². The van der Waals surface area contributed by atoms with Crippen LogP contribution in [0.4, 0.5) is 0 Å². The maximum Gasteiger partial charge on any atom is 0.176 e. The molecule has 0 spiro atoms. The summed E-state index contributed by atoms with van der Waals surface area (Å²) in [4.78, 5) is 0.776. The Balaban J connectivity index is 3.37. The average molecular weight is 188 g/mol. The summed E-state index contributed by atoms with van der Waals surface area (Å²) < 4.78 is 22.0. The number of hydrogen-bond donors (Lipinski definition) is 1. The van der Waals surface area contributed by atoms with Gasteiger partial charge in [-0.15, -0.1) is 12.6 Å². The highest BCUT2D eigenvalue weighted by atomic mass is 32.2. The van der Waals surface area contributed by atoms with Crippen molar-refractivity contribution in [1.82, 2.24) is 0 Å². The van der Waals surface area contributed by atoms with E-state index in [0.29, 0.717) is 4.90 Å². The van der Waals surface area contributed by atoms with Gasteiger partial charge in [-0.25, -0.2) is 8.42 Å². The standard InChI is InChI=1S/C7H8O2S2/c1-11(8,9)7-5-3-2-4-6(7)10/h2-5,10H,1H3. The van der Waals surface area contributed by atoms with Crippen molar-refractivity contribution in [2.24, 2.45) is 0 Å². The summed E-state index contributed by atoms with van der Waals surface area (Å²) >= 11 is 4.01. The molecule has 0 saturated heterocycles. The van der Waals surface area contributed by atoms with Gasteiger partial charge in [0.05, 0.1) is 4.90 Å². The highest BCUT2D eigenvalue weighted by molar-refractivity contribution is 7.91. The van der Waals surface area contributed by atoms with E-state index in [2.05, 4.69) is 12.6 Å². The maximum atomic E-state index is 11.0. The number of hydrogen-bond acceptors (Lipinski definition) is 3. The van der Waals surface area contributed by atoms with Crippen molar-refractivity contribution in [3.05, 3.63) is 24.3 Å². The van der Waals surface area contributed by atoms with E-state index in [1.807, 2.05) is 0 Å². The number of rotatable bonds is 1. The molecule has 1 rings (SSSR count). The third-order valence-corrected chi connectivity index (χ3v) is 2.96. The molecule has 1 aromatic carbocycles. The summed E-state index contributed by atoms with van der Waals surface area (Å²) in [6.07, 6.45) is 1.17. The molecule has 60 valence electrons. The van der Waals surface area contributed by atoms with Crippen LogP contribution in [0.1, 0.15) is 0 Å². The number of sulfone groups is 1. The lowest BCUT2D eigenvalue weighted by atomic mass is 10.4. The minimum Gasteiger partial charge on any atom is -0.224 e. The van der Waals surface area contributed by atoms with Gasteiger partial charge in [-0.1, -0.05) is 12.1 Å². The normalized spacial score (nSPS) is 11.5. The quantitative estimate of drug-likeness (QED) is 0.676. The molecular formula is C7H8O2S2. The number of thiol groups is 1. The Kier molecular flexibility index (Phi) is 2.25. The van der Waals surface area contributed by atoms with E-state index in [4.69, 9.17) is 0 Å². The lowest BCUT2D eigenvalue weighted by molar-refractivity contribution is 0.600. The first kappa shape index (κ1) is 8.62. The highest BCUT2D eigenvalue weighted by Crippen LogP contribution is 2.17. The summed E-state index contributed by atoms with van der Waals surface area (Å²) in [6.45, 7) is 0. The summed E-state index contributed by atoms with van der Waals surface area (Å²) in [6, 6.07) is 6.62. The van der Waals surface area contributed by atoms with Gasteiger partial charge in [-0.2, -0.15) is 0 Å². The molecule has 0 aliphatic carbocycles. The average Bonchev–Trinajstić information content (AvgIpc) is 1.86. The fourth-order valence-corrected chi connectivity index (χ4v) is 2.20. The molecular weight excluding hydrogens is 180 g/mol. The second kappa shape index (κ2) is 2.87. The van der Waals surface area contributed by atoms with Gasteiger partial charge in [-0.3, -0.25) is 0 Å². The summed E-state index contributed by atoms with van der Waals surface area (Å²) in [7, 11) is -3.11. The zero-order valence-electron chi connectivity index (χ0n) is 5.98. The van der Waals surface area contributed by atoms with Crippen LogP contribution in [-0.4, -0.2) is 14.7 Å². The highest BCUT2D eigenvalue weighted by Gasteiger charge is 2.08. The Labute approximate surface area is 71.6 Å². The summed E-state index contributed by atoms with van der Waals surface area (Å²) in [5.41, 5.74) is 0. The fourth-order valence-electron chi connectivity index (χ4n) is 0.771. The van der Waals surface area contributed by atoms with Gasteiger partial charge in [0.2, 0.25) is 0 Å². The van der Waals surface area contributed by atoms with E-state index >= 15 is 0 Å². The van der Waals surface area contributed by atoms with Gasteiger partial charge < -0.3 is 0 Å². The van der Waals surface area contributed by atoms with E-state index in [-0.39, 0.29) is 4.90 Å². The van der Waals surface area contributed by atoms with Crippen molar-refractivity contribution in [2.75, 3.05) is 6.26 Å². The SMILES string of the molecule is CS(=O)(=O)c1ccccc1S. The summed E-state index contributed by atoms with van der Waals surface area (Å²) in [5, 5.41) is 0. The Morgan fingerprint density at radius 1 is 1.27 bits per heavy atom. The fraction of sp³-hybridized carbons (Fsp3) is 0.143.